The minimum absolute atomic E-state index is 0.0549. The van der Waals surface area contributed by atoms with E-state index in [0.29, 0.717) is 16.9 Å². The van der Waals surface area contributed by atoms with Crippen LogP contribution >= 0.6 is 11.3 Å². The lowest BCUT2D eigenvalue weighted by atomic mass is 10.0. The highest BCUT2D eigenvalue weighted by Gasteiger charge is 2.24. The average Bonchev–Trinajstić information content (AvgIpc) is 2.78. The summed E-state index contributed by atoms with van der Waals surface area (Å²) in [5.74, 6) is -0.304. The summed E-state index contributed by atoms with van der Waals surface area (Å²) in [5.41, 5.74) is -0.0698. The summed E-state index contributed by atoms with van der Waals surface area (Å²) >= 11 is 1.23. The van der Waals surface area contributed by atoms with Gasteiger partial charge in [-0.2, -0.15) is 0 Å². The Morgan fingerprint density at radius 1 is 1.53 bits per heavy atom. The number of aliphatic hydroxyl groups excluding tert-OH is 1. The molecule has 0 saturated heterocycles. The third-order valence-electron chi connectivity index (χ3n) is 2.77. The number of Topliss-reactive ketones (excluding diaryl/α,β-unsaturated/α-hetero) is 1. The van der Waals surface area contributed by atoms with E-state index in [-0.39, 0.29) is 18.3 Å². The van der Waals surface area contributed by atoms with Gasteiger partial charge in [0.05, 0.1) is 17.0 Å². The first-order chi connectivity index (χ1) is 7.91. The van der Waals surface area contributed by atoms with Gasteiger partial charge in [0.25, 0.3) is 5.91 Å². The number of amides is 1. The Labute approximate surface area is 105 Å². The first-order valence-electron chi connectivity index (χ1n) is 5.44. The second-order valence-corrected chi connectivity index (χ2v) is 5.19. The molecule has 5 heteroatoms. The quantitative estimate of drug-likeness (QED) is 0.789. The van der Waals surface area contributed by atoms with Crippen LogP contribution in [0, 0.1) is 0 Å². The van der Waals surface area contributed by atoms with Crippen LogP contribution in [0.2, 0.25) is 0 Å². The molecule has 0 saturated carbocycles. The van der Waals surface area contributed by atoms with Gasteiger partial charge in [-0.1, -0.05) is 6.92 Å². The topological polar surface area (TPSA) is 66.4 Å². The summed E-state index contributed by atoms with van der Waals surface area (Å²) in [4.78, 5) is 23.5. The van der Waals surface area contributed by atoms with Crippen LogP contribution in [0.15, 0.2) is 11.4 Å². The SMILES string of the molecule is CC[C@](C)(CO)NC(=O)c1cc(C(C)=O)cs1. The number of nitrogens with one attached hydrogen (secondary N) is 1. The van der Waals surface area contributed by atoms with Gasteiger partial charge in [0.15, 0.2) is 5.78 Å². The van der Waals surface area contributed by atoms with Gasteiger partial charge < -0.3 is 10.4 Å². The van der Waals surface area contributed by atoms with Crippen LogP contribution in [-0.2, 0) is 0 Å². The minimum Gasteiger partial charge on any atom is -0.394 e. The van der Waals surface area contributed by atoms with Crippen molar-refractivity contribution >= 4 is 23.0 Å². The Balaban J connectivity index is 2.79. The number of rotatable bonds is 5. The van der Waals surface area contributed by atoms with E-state index in [1.54, 1.807) is 18.4 Å². The zero-order valence-electron chi connectivity index (χ0n) is 10.2. The van der Waals surface area contributed by atoms with Gasteiger partial charge in [0.2, 0.25) is 0 Å². The summed E-state index contributed by atoms with van der Waals surface area (Å²) in [7, 11) is 0. The van der Waals surface area contributed by atoms with Crippen LogP contribution in [0.4, 0.5) is 0 Å². The molecule has 0 bridgehead atoms. The van der Waals surface area contributed by atoms with Gasteiger partial charge in [-0.25, -0.2) is 0 Å². The normalized spacial score (nSPS) is 14.1. The van der Waals surface area contributed by atoms with E-state index in [9.17, 15) is 14.7 Å². The number of aliphatic hydroxyl groups is 1. The number of hydrogen-bond donors (Lipinski definition) is 2. The molecule has 94 valence electrons. The van der Waals surface area contributed by atoms with Crippen molar-refractivity contribution in [3.05, 3.63) is 21.9 Å². The van der Waals surface area contributed by atoms with Crippen molar-refractivity contribution in [2.45, 2.75) is 32.7 Å². The summed E-state index contributed by atoms with van der Waals surface area (Å²) in [5, 5.41) is 13.6. The molecule has 4 nitrogen and oxygen atoms in total. The molecule has 0 radical (unpaired) electrons. The van der Waals surface area contributed by atoms with Crippen molar-refractivity contribution in [1.82, 2.24) is 5.32 Å². The van der Waals surface area contributed by atoms with Gasteiger partial charge in [0.1, 0.15) is 0 Å². The average molecular weight is 255 g/mol. The molecule has 0 unspecified atom stereocenters. The lowest BCUT2D eigenvalue weighted by Gasteiger charge is -2.26. The number of carbonyl (C=O) groups is 2. The zero-order valence-corrected chi connectivity index (χ0v) is 11.1. The number of ketones is 1. The second kappa shape index (κ2) is 5.42. The van der Waals surface area contributed by atoms with Crippen molar-refractivity contribution < 1.29 is 14.7 Å². The molecule has 0 aliphatic heterocycles. The van der Waals surface area contributed by atoms with E-state index >= 15 is 0 Å². The van der Waals surface area contributed by atoms with E-state index in [1.165, 1.54) is 18.3 Å². The van der Waals surface area contributed by atoms with Crippen molar-refractivity contribution in [3.63, 3.8) is 0 Å². The van der Waals surface area contributed by atoms with Gasteiger partial charge in [0, 0.05) is 10.9 Å². The molecule has 0 aliphatic rings. The van der Waals surface area contributed by atoms with Gasteiger partial charge >= 0.3 is 0 Å². The fourth-order valence-corrected chi connectivity index (χ4v) is 2.06. The lowest BCUT2D eigenvalue weighted by molar-refractivity contribution is 0.0851. The molecule has 1 heterocycles. The maximum absolute atomic E-state index is 11.9. The standard InChI is InChI=1S/C12H17NO3S/c1-4-12(3,7-14)13-11(16)10-5-9(6-17-10)8(2)15/h5-6,14H,4,7H2,1-3H3,(H,13,16)/t12-/m1/s1. The first-order valence-corrected chi connectivity index (χ1v) is 6.32. The zero-order chi connectivity index (χ0) is 13.1. The van der Waals surface area contributed by atoms with E-state index in [0.717, 1.165) is 0 Å². The molecule has 0 fully saturated rings. The predicted octanol–water partition coefficient (Wildman–Crippen LogP) is 1.84. The summed E-state index contributed by atoms with van der Waals surface area (Å²) in [6.45, 7) is 5.03. The molecule has 1 aromatic heterocycles. The maximum Gasteiger partial charge on any atom is 0.261 e. The third-order valence-corrected chi connectivity index (χ3v) is 3.70. The molecular weight excluding hydrogens is 238 g/mol. The largest absolute Gasteiger partial charge is 0.394 e. The molecule has 1 aromatic rings. The van der Waals surface area contributed by atoms with Crippen molar-refractivity contribution in [2.75, 3.05) is 6.61 Å². The number of hydrogen-bond acceptors (Lipinski definition) is 4. The first kappa shape index (κ1) is 13.9. The molecule has 0 aliphatic carbocycles. The molecule has 1 rings (SSSR count). The smallest absolute Gasteiger partial charge is 0.261 e. The highest BCUT2D eigenvalue weighted by molar-refractivity contribution is 7.12. The fourth-order valence-electron chi connectivity index (χ4n) is 1.22. The van der Waals surface area contributed by atoms with E-state index in [2.05, 4.69) is 5.32 Å². The Hall–Kier alpha value is -1.20. The molecule has 1 atom stereocenters. The van der Waals surface area contributed by atoms with Crippen LogP contribution in [-0.4, -0.2) is 28.9 Å². The number of thiophene rings is 1. The molecule has 2 N–H and O–H groups in total. The maximum atomic E-state index is 11.9. The molecule has 0 spiro atoms. The highest BCUT2D eigenvalue weighted by Crippen LogP contribution is 2.17. The minimum atomic E-state index is -0.614. The van der Waals surface area contributed by atoms with E-state index in [1.807, 2.05) is 6.92 Å². The Morgan fingerprint density at radius 2 is 2.18 bits per heavy atom. The Bertz CT molecular complexity index is 421. The van der Waals surface area contributed by atoms with Crippen LogP contribution in [0.5, 0.6) is 0 Å². The number of carbonyl (C=O) groups excluding carboxylic acids is 2. The molecule has 1 amide bonds. The van der Waals surface area contributed by atoms with Crippen LogP contribution in [0.25, 0.3) is 0 Å². The van der Waals surface area contributed by atoms with Gasteiger partial charge in [-0.15, -0.1) is 11.3 Å². The van der Waals surface area contributed by atoms with Crippen molar-refractivity contribution in [2.24, 2.45) is 0 Å². The Kier molecular flexibility index (Phi) is 4.42. The monoisotopic (exact) mass is 255 g/mol. The predicted molar refractivity (Wildman–Crippen MR) is 67.6 cm³/mol. The van der Waals surface area contributed by atoms with Crippen LogP contribution < -0.4 is 5.32 Å². The van der Waals surface area contributed by atoms with Crippen molar-refractivity contribution in [1.29, 1.82) is 0 Å². The fraction of sp³-hybridized carbons (Fsp3) is 0.500. The van der Waals surface area contributed by atoms with E-state index in [4.69, 9.17) is 0 Å². The summed E-state index contributed by atoms with van der Waals surface area (Å²) < 4.78 is 0. The van der Waals surface area contributed by atoms with Crippen LogP contribution in [0.1, 0.15) is 47.2 Å². The van der Waals surface area contributed by atoms with E-state index < -0.39 is 5.54 Å². The highest BCUT2D eigenvalue weighted by atomic mass is 32.1. The molecule has 0 aromatic carbocycles. The molecular formula is C12H17NO3S. The lowest BCUT2D eigenvalue weighted by Crippen LogP contribution is -2.48. The van der Waals surface area contributed by atoms with Crippen LogP contribution in [0.3, 0.4) is 0 Å². The summed E-state index contributed by atoms with van der Waals surface area (Å²) in [6.07, 6.45) is 0.639. The Morgan fingerprint density at radius 3 is 2.59 bits per heavy atom. The second-order valence-electron chi connectivity index (χ2n) is 4.28. The molecule has 17 heavy (non-hydrogen) atoms. The third kappa shape index (κ3) is 3.38. The van der Waals surface area contributed by atoms with Gasteiger partial charge in [-0.05, 0) is 26.3 Å². The summed E-state index contributed by atoms with van der Waals surface area (Å²) in [6, 6.07) is 1.58. The van der Waals surface area contributed by atoms with Gasteiger partial charge in [-0.3, -0.25) is 9.59 Å². The van der Waals surface area contributed by atoms with Crippen molar-refractivity contribution in [3.8, 4) is 0 Å².